The molecule has 1 saturated carbocycles. The van der Waals surface area contributed by atoms with Gasteiger partial charge in [0.1, 0.15) is 0 Å². The third-order valence-corrected chi connectivity index (χ3v) is 4.92. The van der Waals surface area contributed by atoms with Crippen LogP contribution in [0.5, 0.6) is 0 Å². The summed E-state index contributed by atoms with van der Waals surface area (Å²) < 4.78 is 0. The van der Waals surface area contributed by atoms with E-state index in [2.05, 4.69) is 10.2 Å². The third kappa shape index (κ3) is 2.54. The Morgan fingerprint density at radius 1 is 1.10 bits per heavy atom. The summed E-state index contributed by atoms with van der Waals surface area (Å²) in [6.07, 6.45) is 7.69. The van der Waals surface area contributed by atoms with Crippen molar-refractivity contribution < 1.29 is 4.79 Å². The highest BCUT2D eigenvalue weighted by molar-refractivity contribution is 5.95. The van der Waals surface area contributed by atoms with Crippen molar-refractivity contribution in [3.8, 4) is 0 Å². The Balaban J connectivity index is 1.74. The first-order valence-electron chi connectivity index (χ1n) is 7.88. The minimum absolute atomic E-state index is 0.224. The molecule has 20 heavy (non-hydrogen) atoms. The molecule has 1 unspecified atom stereocenters. The summed E-state index contributed by atoms with van der Waals surface area (Å²) >= 11 is 0. The van der Waals surface area contributed by atoms with E-state index in [0.717, 1.165) is 23.7 Å². The Kier molecular flexibility index (Phi) is 3.95. The summed E-state index contributed by atoms with van der Waals surface area (Å²) in [5, 5.41) is 3.09. The Bertz CT molecular complexity index is 462. The molecule has 1 atom stereocenters. The molecular formula is C17H24N2O. The van der Waals surface area contributed by atoms with Crippen LogP contribution in [0.3, 0.4) is 0 Å². The molecule has 1 N–H and O–H groups in total. The second kappa shape index (κ2) is 5.86. The predicted molar refractivity (Wildman–Crippen MR) is 82.0 cm³/mol. The molecule has 1 amide bonds. The summed E-state index contributed by atoms with van der Waals surface area (Å²) in [7, 11) is 1.90. The second-order valence-electron chi connectivity index (χ2n) is 6.08. The number of benzene rings is 1. The van der Waals surface area contributed by atoms with Crippen LogP contribution in [-0.4, -0.2) is 30.4 Å². The van der Waals surface area contributed by atoms with E-state index in [1.54, 1.807) is 0 Å². The quantitative estimate of drug-likeness (QED) is 0.913. The highest BCUT2D eigenvalue weighted by Crippen LogP contribution is 2.36. The molecule has 0 spiro atoms. The maximum absolute atomic E-state index is 12.7. The topological polar surface area (TPSA) is 32.3 Å². The van der Waals surface area contributed by atoms with Crippen molar-refractivity contribution >= 4 is 11.6 Å². The number of carbonyl (C=O) groups excluding carboxylic acids is 1. The van der Waals surface area contributed by atoms with E-state index in [1.165, 1.54) is 38.5 Å². The molecule has 1 saturated heterocycles. The van der Waals surface area contributed by atoms with Gasteiger partial charge < -0.3 is 10.2 Å². The second-order valence-corrected chi connectivity index (χ2v) is 6.08. The molecule has 3 nitrogen and oxygen atoms in total. The zero-order valence-electron chi connectivity index (χ0n) is 12.3. The molecule has 1 aromatic carbocycles. The summed E-state index contributed by atoms with van der Waals surface area (Å²) in [6.45, 7) is 0.938. The molecule has 1 aromatic rings. The van der Waals surface area contributed by atoms with Crippen LogP contribution < -0.4 is 5.32 Å². The molecule has 1 aliphatic heterocycles. The van der Waals surface area contributed by atoms with Gasteiger partial charge in [-0.1, -0.05) is 12.8 Å². The molecule has 2 aliphatic rings. The Morgan fingerprint density at radius 3 is 2.45 bits per heavy atom. The summed E-state index contributed by atoms with van der Waals surface area (Å²) in [6, 6.07) is 8.34. The van der Waals surface area contributed by atoms with E-state index in [4.69, 9.17) is 0 Å². The highest BCUT2D eigenvalue weighted by Gasteiger charge is 2.36. The number of rotatable bonds is 3. The fourth-order valence-electron chi connectivity index (χ4n) is 3.82. The summed E-state index contributed by atoms with van der Waals surface area (Å²) in [5.41, 5.74) is 1.88. The van der Waals surface area contributed by atoms with Gasteiger partial charge in [0, 0.05) is 30.9 Å². The van der Waals surface area contributed by atoms with Crippen LogP contribution in [0.2, 0.25) is 0 Å². The Morgan fingerprint density at radius 2 is 1.80 bits per heavy atom. The van der Waals surface area contributed by atoms with Crippen LogP contribution in [0.25, 0.3) is 0 Å². The maximum atomic E-state index is 12.7. The maximum Gasteiger partial charge on any atom is 0.254 e. The molecule has 0 aromatic heterocycles. The number of anilines is 1. The summed E-state index contributed by atoms with van der Waals surface area (Å²) in [5.74, 6) is 0.972. The van der Waals surface area contributed by atoms with Crippen molar-refractivity contribution in [2.45, 2.75) is 44.6 Å². The fraction of sp³-hybridized carbons (Fsp3) is 0.588. The first-order valence-corrected chi connectivity index (χ1v) is 7.88. The standard InChI is InChI=1S/C17H24N2O/c1-18-15-10-8-14(9-11-15)17(20)19-12-4-7-16(19)13-5-2-3-6-13/h8-11,13,16,18H,2-7,12H2,1H3. The average Bonchev–Trinajstić information content (AvgIpc) is 3.16. The van der Waals surface area contributed by atoms with Gasteiger partial charge in [0.25, 0.3) is 5.91 Å². The molecule has 3 rings (SSSR count). The third-order valence-electron chi connectivity index (χ3n) is 4.92. The minimum Gasteiger partial charge on any atom is -0.388 e. The first-order chi connectivity index (χ1) is 9.79. The zero-order chi connectivity index (χ0) is 13.9. The molecule has 0 radical (unpaired) electrons. The number of likely N-dealkylation sites (tertiary alicyclic amines) is 1. The lowest BCUT2D eigenvalue weighted by molar-refractivity contribution is 0.0689. The molecule has 1 aliphatic carbocycles. The minimum atomic E-state index is 0.224. The van der Waals surface area contributed by atoms with Crippen LogP contribution in [0.15, 0.2) is 24.3 Å². The first kappa shape index (κ1) is 13.5. The van der Waals surface area contributed by atoms with Crippen molar-refractivity contribution in [3.63, 3.8) is 0 Å². The smallest absolute Gasteiger partial charge is 0.254 e. The molecule has 1 heterocycles. The van der Waals surface area contributed by atoms with Crippen molar-refractivity contribution in [3.05, 3.63) is 29.8 Å². The largest absolute Gasteiger partial charge is 0.388 e. The lowest BCUT2D eigenvalue weighted by Crippen LogP contribution is -2.39. The number of hydrogen-bond donors (Lipinski definition) is 1. The van der Waals surface area contributed by atoms with Crippen molar-refractivity contribution in [2.24, 2.45) is 5.92 Å². The molecule has 2 fully saturated rings. The Labute approximate surface area is 121 Å². The molecule has 108 valence electrons. The SMILES string of the molecule is CNc1ccc(C(=O)N2CCCC2C2CCCC2)cc1. The van der Waals surface area contributed by atoms with E-state index in [-0.39, 0.29) is 5.91 Å². The molecule has 3 heteroatoms. The monoisotopic (exact) mass is 272 g/mol. The lowest BCUT2D eigenvalue weighted by atomic mass is 9.95. The van der Waals surface area contributed by atoms with E-state index < -0.39 is 0 Å². The lowest BCUT2D eigenvalue weighted by Gasteiger charge is -2.29. The van der Waals surface area contributed by atoms with Crippen LogP contribution >= 0.6 is 0 Å². The van der Waals surface area contributed by atoms with Gasteiger partial charge in [0.15, 0.2) is 0 Å². The molecule has 0 bridgehead atoms. The fourth-order valence-corrected chi connectivity index (χ4v) is 3.82. The number of hydrogen-bond acceptors (Lipinski definition) is 2. The average molecular weight is 272 g/mol. The van der Waals surface area contributed by atoms with Crippen LogP contribution in [0.1, 0.15) is 48.9 Å². The highest BCUT2D eigenvalue weighted by atomic mass is 16.2. The molecular weight excluding hydrogens is 248 g/mol. The number of nitrogens with zero attached hydrogens (tertiary/aromatic N) is 1. The van der Waals surface area contributed by atoms with Gasteiger partial charge in [-0.25, -0.2) is 0 Å². The van der Waals surface area contributed by atoms with Crippen LogP contribution in [0.4, 0.5) is 5.69 Å². The Hall–Kier alpha value is -1.51. The van der Waals surface area contributed by atoms with Gasteiger partial charge >= 0.3 is 0 Å². The van der Waals surface area contributed by atoms with Gasteiger partial charge in [-0.15, -0.1) is 0 Å². The number of carbonyl (C=O) groups is 1. The normalized spacial score (nSPS) is 23.2. The van der Waals surface area contributed by atoms with E-state index in [1.807, 2.05) is 31.3 Å². The van der Waals surface area contributed by atoms with E-state index in [0.29, 0.717) is 6.04 Å². The van der Waals surface area contributed by atoms with E-state index in [9.17, 15) is 4.79 Å². The van der Waals surface area contributed by atoms with Gasteiger partial charge in [0.05, 0.1) is 0 Å². The summed E-state index contributed by atoms with van der Waals surface area (Å²) in [4.78, 5) is 14.9. The zero-order valence-corrected chi connectivity index (χ0v) is 12.3. The van der Waals surface area contributed by atoms with Crippen LogP contribution in [-0.2, 0) is 0 Å². The van der Waals surface area contributed by atoms with Crippen molar-refractivity contribution in [1.29, 1.82) is 0 Å². The van der Waals surface area contributed by atoms with Crippen molar-refractivity contribution in [1.82, 2.24) is 4.90 Å². The van der Waals surface area contributed by atoms with Crippen LogP contribution in [0, 0.1) is 5.92 Å². The predicted octanol–water partition coefficient (Wildman–Crippen LogP) is 3.52. The van der Waals surface area contributed by atoms with Crippen molar-refractivity contribution in [2.75, 3.05) is 18.9 Å². The van der Waals surface area contributed by atoms with Gasteiger partial charge in [-0.3, -0.25) is 4.79 Å². The van der Waals surface area contributed by atoms with E-state index >= 15 is 0 Å². The number of nitrogens with one attached hydrogen (secondary N) is 1. The number of amides is 1. The van der Waals surface area contributed by atoms with Gasteiger partial charge in [-0.05, 0) is 55.9 Å². The van der Waals surface area contributed by atoms with Gasteiger partial charge in [-0.2, -0.15) is 0 Å². The van der Waals surface area contributed by atoms with Gasteiger partial charge in [0.2, 0.25) is 0 Å².